The van der Waals surface area contributed by atoms with Gasteiger partial charge < -0.3 is 14.7 Å². The third kappa shape index (κ3) is 3.51. The molecule has 2 rings (SSSR count). The summed E-state index contributed by atoms with van der Waals surface area (Å²) in [4.78, 5) is 24.6. The molecule has 2 unspecified atom stereocenters. The van der Waals surface area contributed by atoms with E-state index in [9.17, 15) is 14.0 Å². The number of para-hydroxylation sites is 1. The number of carbonyl (C=O) groups excluding carboxylic acids is 1. The number of carboxylic acids is 1. The Kier molecular flexibility index (Phi) is 4.77. The van der Waals surface area contributed by atoms with Gasteiger partial charge in [0.1, 0.15) is 0 Å². The third-order valence-electron chi connectivity index (χ3n) is 3.80. The topological polar surface area (TPSA) is 66.8 Å². The highest BCUT2D eigenvalue weighted by Crippen LogP contribution is 2.25. The maximum Gasteiger partial charge on any atom is 0.308 e. The molecule has 1 amide bonds. The maximum absolute atomic E-state index is 13.3. The Hall–Kier alpha value is -2.11. The molecule has 114 valence electrons. The Morgan fingerprint density at radius 3 is 2.76 bits per heavy atom. The number of likely N-dealkylation sites (tertiary alicyclic amines) is 1. The number of ether oxygens (including phenoxy) is 1. The van der Waals surface area contributed by atoms with Gasteiger partial charge in [-0.2, -0.15) is 0 Å². The van der Waals surface area contributed by atoms with Crippen molar-refractivity contribution in [1.82, 2.24) is 4.90 Å². The van der Waals surface area contributed by atoms with E-state index < -0.39 is 17.7 Å². The van der Waals surface area contributed by atoms with Gasteiger partial charge in [-0.1, -0.05) is 12.1 Å². The number of carboxylic acid groups (broad SMARTS) is 1. The summed E-state index contributed by atoms with van der Waals surface area (Å²) in [5.41, 5.74) is 0. The summed E-state index contributed by atoms with van der Waals surface area (Å²) in [5, 5.41) is 9.03. The second kappa shape index (κ2) is 6.56. The Morgan fingerprint density at radius 1 is 1.43 bits per heavy atom. The van der Waals surface area contributed by atoms with Gasteiger partial charge in [0.05, 0.1) is 18.9 Å². The first-order valence-corrected chi connectivity index (χ1v) is 6.90. The molecule has 1 aliphatic heterocycles. The predicted molar refractivity (Wildman–Crippen MR) is 73.4 cm³/mol. The first-order chi connectivity index (χ1) is 10.0. The summed E-state index contributed by atoms with van der Waals surface area (Å²) in [6.45, 7) is 2.25. The van der Waals surface area contributed by atoms with E-state index in [1.807, 2.05) is 0 Å². The second-order valence-electron chi connectivity index (χ2n) is 5.09. The molecule has 1 aliphatic rings. The molecule has 5 nitrogen and oxygen atoms in total. The van der Waals surface area contributed by atoms with E-state index in [4.69, 9.17) is 9.84 Å². The molecule has 0 saturated carbocycles. The molecule has 1 saturated heterocycles. The molecule has 6 heteroatoms. The lowest BCUT2D eigenvalue weighted by atomic mass is 10.0. The van der Waals surface area contributed by atoms with Gasteiger partial charge >= 0.3 is 5.97 Å². The van der Waals surface area contributed by atoms with Crippen LogP contribution in [0.5, 0.6) is 5.75 Å². The summed E-state index contributed by atoms with van der Waals surface area (Å²) in [5.74, 6) is -1.90. The molecule has 1 fully saturated rings. The molecule has 0 aromatic heterocycles. The number of hydrogen-bond donors (Lipinski definition) is 1. The molecule has 0 radical (unpaired) electrons. The molecule has 1 heterocycles. The number of halogens is 1. The van der Waals surface area contributed by atoms with Crippen molar-refractivity contribution in [3.05, 3.63) is 30.1 Å². The summed E-state index contributed by atoms with van der Waals surface area (Å²) in [6.07, 6.45) is 0.571. The minimum atomic E-state index is -0.875. The average Bonchev–Trinajstić information content (AvgIpc) is 2.83. The van der Waals surface area contributed by atoms with Crippen LogP contribution < -0.4 is 4.74 Å². The lowest BCUT2D eigenvalue weighted by Crippen LogP contribution is -2.38. The van der Waals surface area contributed by atoms with Crippen molar-refractivity contribution in [2.75, 3.05) is 13.2 Å². The third-order valence-corrected chi connectivity index (χ3v) is 3.80. The van der Waals surface area contributed by atoms with Crippen LogP contribution in [0, 0.1) is 11.7 Å². The van der Waals surface area contributed by atoms with Crippen LogP contribution in [-0.2, 0) is 9.59 Å². The second-order valence-corrected chi connectivity index (χ2v) is 5.09. The van der Waals surface area contributed by atoms with Crippen LogP contribution in [0.1, 0.15) is 19.8 Å². The summed E-state index contributed by atoms with van der Waals surface area (Å²) in [6, 6.07) is 5.69. The molecule has 0 spiro atoms. The molecule has 0 bridgehead atoms. The largest absolute Gasteiger partial charge is 0.490 e. The minimum absolute atomic E-state index is 0.0702. The van der Waals surface area contributed by atoms with Crippen LogP contribution >= 0.6 is 0 Å². The fourth-order valence-electron chi connectivity index (χ4n) is 2.58. The average molecular weight is 295 g/mol. The zero-order valence-electron chi connectivity index (χ0n) is 11.8. The predicted octanol–water partition coefficient (Wildman–Crippen LogP) is 1.92. The summed E-state index contributed by atoms with van der Waals surface area (Å²) < 4.78 is 18.6. The van der Waals surface area contributed by atoms with Crippen LogP contribution in [0.15, 0.2) is 24.3 Å². The molecule has 1 aromatic carbocycles. The van der Waals surface area contributed by atoms with Crippen molar-refractivity contribution < 1.29 is 23.8 Å². The first-order valence-electron chi connectivity index (χ1n) is 6.90. The Bertz CT molecular complexity index is 534. The lowest BCUT2D eigenvalue weighted by molar-refractivity contribution is -0.143. The van der Waals surface area contributed by atoms with Gasteiger partial charge in [-0.15, -0.1) is 0 Å². The van der Waals surface area contributed by atoms with Gasteiger partial charge in [0.15, 0.2) is 11.6 Å². The smallest absolute Gasteiger partial charge is 0.308 e. The van der Waals surface area contributed by atoms with E-state index >= 15 is 0 Å². The van der Waals surface area contributed by atoms with Crippen LogP contribution in [0.3, 0.4) is 0 Å². The van der Waals surface area contributed by atoms with Crippen LogP contribution in [0.4, 0.5) is 4.39 Å². The molecule has 0 aliphatic carbocycles. The maximum atomic E-state index is 13.3. The van der Waals surface area contributed by atoms with Crippen molar-refractivity contribution >= 4 is 11.9 Å². The van der Waals surface area contributed by atoms with E-state index in [2.05, 4.69) is 0 Å². The molecule has 21 heavy (non-hydrogen) atoms. The first kappa shape index (κ1) is 15.3. The highest BCUT2D eigenvalue weighted by Gasteiger charge is 2.37. The molecular formula is C15H18FNO4. The van der Waals surface area contributed by atoms with Gasteiger partial charge in [-0.05, 0) is 25.5 Å². The number of rotatable bonds is 5. The van der Waals surface area contributed by atoms with Crippen molar-refractivity contribution in [2.24, 2.45) is 5.92 Å². The van der Waals surface area contributed by atoms with Crippen molar-refractivity contribution in [3.8, 4) is 5.75 Å². The minimum Gasteiger partial charge on any atom is -0.490 e. The molecule has 1 N–H and O–H groups in total. The van der Waals surface area contributed by atoms with Crippen molar-refractivity contribution in [2.45, 2.75) is 25.8 Å². The van der Waals surface area contributed by atoms with Crippen molar-refractivity contribution in [3.63, 3.8) is 0 Å². The quantitative estimate of drug-likeness (QED) is 0.901. The zero-order valence-corrected chi connectivity index (χ0v) is 11.8. The highest BCUT2D eigenvalue weighted by atomic mass is 19.1. The number of benzene rings is 1. The van der Waals surface area contributed by atoms with E-state index in [0.29, 0.717) is 13.0 Å². The standard InChI is InChI=1S/C15H18FNO4/c1-10-11(15(19)20)6-8-17(10)14(18)7-9-21-13-5-3-2-4-12(13)16/h2-5,10-11H,6-9H2,1H3,(H,19,20). The van der Waals surface area contributed by atoms with Gasteiger partial charge in [0.25, 0.3) is 0 Å². The molecule has 2 atom stereocenters. The van der Waals surface area contributed by atoms with Gasteiger partial charge in [0, 0.05) is 12.6 Å². The number of amides is 1. The summed E-state index contributed by atoms with van der Waals surface area (Å²) in [7, 11) is 0. The normalized spacial score (nSPS) is 21.3. The number of hydrogen-bond acceptors (Lipinski definition) is 3. The zero-order chi connectivity index (χ0) is 15.4. The Morgan fingerprint density at radius 2 is 2.14 bits per heavy atom. The van der Waals surface area contributed by atoms with Gasteiger partial charge in [0.2, 0.25) is 5.91 Å². The highest BCUT2D eigenvalue weighted by molar-refractivity contribution is 5.79. The fourth-order valence-corrected chi connectivity index (χ4v) is 2.58. The number of nitrogens with zero attached hydrogens (tertiary/aromatic N) is 1. The molecular weight excluding hydrogens is 277 g/mol. The SMILES string of the molecule is CC1C(C(=O)O)CCN1C(=O)CCOc1ccccc1F. The Labute approximate surface area is 122 Å². The van der Waals surface area contributed by atoms with E-state index in [1.54, 1.807) is 24.0 Å². The van der Waals surface area contributed by atoms with Crippen LogP contribution in [0.25, 0.3) is 0 Å². The monoisotopic (exact) mass is 295 g/mol. The number of carbonyl (C=O) groups is 2. The van der Waals surface area contributed by atoms with Gasteiger partial charge in [-0.25, -0.2) is 4.39 Å². The molecule has 1 aromatic rings. The van der Waals surface area contributed by atoms with E-state index in [0.717, 1.165) is 0 Å². The van der Waals surface area contributed by atoms with Crippen molar-refractivity contribution in [1.29, 1.82) is 0 Å². The summed E-state index contributed by atoms with van der Waals surface area (Å²) >= 11 is 0. The number of aliphatic carboxylic acids is 1. The van der Waals surface area contributed by atoms with Crippen LogP contribution in [-0.4, -0.2) is 41.1 Å². The van der Waals surface area contributed by atoms with E-state index in [1.165, 1.54) is 12.1 Å². The van der Waals surface area contributed by atoms with Crippen LogP contribution in [0.2, 0.25) is 0 Å². The Balaban J connectivity index is 1.83. The van der Waals surface area contributed by atoms with E-state index in [-0.39, 0.29) is 30.7 Å². The lowest BCUT2D eigenvalue weighted by Gasteiger charge is -2.23. The fraction of sp³-hybridized carbons (Fsp3) is 0.467. The van der Waals surface area contributed by atoms with Gasteiger partial charge in [-0.3, -0.25) is 9.59 Å².